The first-order chi connectivity index (χ1) is 13.5. The van der Waals surface area contributed by atoms with Gasteiger partial charge in [0.25, 0.3) is 11.8 Å². The van der Waals surface area contributed by atoms with E-state index in [0.717, 1.165) is 17.0 Å². The van der Waals surface area contributed by atoms with Crippen LogP contribution in [0.1, 0.15) is 35.8 Å². The zero-order valence-corrected chi connectivity index (χ0v) is 15.7. The third-order valence-corrected chi connectivity index (χ3v) is 4.97. The smallest absolute Gasteiger partial charge is 0.266 e. The molecule has 1 aromatic heterocycles. The summed E-state index contributed by atoms with van der Waals surface area (Å²) < 4.78 is 7.57. The predicted octanol–water partition coefficient (Wildman–Crippen LogP) is 3.32. The van der Waals surface area contributed by atoms with Gasteiger partial charge < -0.3 is 19.9 Å². The van der Waals surface area contributed by atoms with Gasteiger partial charge in [-0.3, -0.25) is 9.59 Å². The molecule has 0 saturated heterocycles. The number of nitriles is 1. The number of nitrogens with zero attached hydrogens (tertiary/aromatic N) is 2. The Morgan fingerprint density at radius 2 is 2.14 bits per heavy atom. The minimum absolute atomic E-state index is 0.0223. The Hall–Kier alpha value is -3.53. The van der Waals surface area contributed by atoms with Crippen LogP contribution in [0, 0.1) is 25.2 Å². The lowest BCUT2D eigenvalue weighted by Gasteiger charge is -2.18. The average Bonchev–Trinajstić information content (AvgIpc) is 3.45. The molecule has 0 atom stereocenters. The number of amides is 2. The van der Waals surface area contributed by atoms with E-state index < -0.39 is 5.91 Å². The van der Waals surface area contributed by atoms with E-state index in [0.29, 0.717) is 23.2 Å². The molecule has 1 fully saturated rings. The fourth-order valence-corrected chi connectivity index (χ4v) is 3.51. The van der Waals surface area contributed by atoms with Gasteiger partial charge in [0.15, 0.2) is 6.61 Å². The lowest BCUT2D eigenvalue weighted by Crippen LogP contribution is -2.25. The van der Waals surface area contributed by atoms with E-state index in [1.165, 1.54) is 12.8 Å². The molecule has 0 unspecified atom stereocenters. The van der Waals surface area contributed by atoms with E-state index in [2.05, 4.69) is 15.2 Å². The molecule has 1 aliphatic carbocycles. The third-order valence-electron chi connectivity index (χ3n) is 4.97. The van der Waals surface area contributed by atoms with Crippen molar-refractivity contribution < 1.29 is 14.3 Å². The summed E-state index contributed by atoms with van der Waals surface area (Å²) in [5, 5.41) is 14.9. The summed E-state index contributed by atoms with van der Waals surface area (Å²) in [6, 6.07) is 9.47. The summed E-state index contributed by atoms with van der Waals surface area (Å²) in [5.74, 6) is -0.206. The van der Waals surface area contributed by atoms with Gasteiger partial charge >= 0.3 is 0 Å². The highest BCUT2D eigenvalue weighted by molar-refractivity contribution is 6.10. The highest BCUT2D eigenvalue weighted by Gasteiger charge is 2.27. The number of aryl methyl sites for hydroxylation is 1. The number of nitrogens with one attached hydrogen (secondary N) is 2. The van der Waals surface area contributed by atoms with Gasteiger partial charge in [-0.05, 0) is 62.6 Å². The Labute approximate surface area is 162 Å². The van der Waals surface area contributed by atoms with Crippen molar-refractivity contribution >= 4 is 29.3 Å². The number of rotatable bonds is 4. The molecule has 0 radical (unpaired) electrons. The molecule has 2 aliphatic rings. The third kappa shape index (κ3) is 3.37. The molecule has 28 heavy (non-hydrogen) atoms. The highest BCUT2D eigenvalue weighted by atomic mass is 16.5. The Kier molecular flexibility index (Phi) is 4.40. The van der Waals surface area contributed by atoms with Crippen LogP contribution in [-0.2, 0) is 9.59 Å². The molecule has 7 heteroatoms. The summed E-state index contributed by atoms with van der Waals surface area (Å²) in [4.78, 5) is 24.1. The predicted molar refractivity (Wildman–Crippen MR) is 105 cm³/mol. The van der Waals surface area contributed by atoms with E-state index in [1.54, 1.807) is 24.3 Å². The van der Waals surface area contributed by atoms with Crippen molar-refractivity contribution in [1.29, 1.82) is 5.26 Å². The van der Waals surface area contributed by atoms with E-state index in [1.807, 2.05) is 26.0 Å². The number of anilines is 2. The maximum absolute atomic E-state index is 12.6. The molecule has 1 saturated carbocycles. The summed E-state index contributed by atoms with van der Waals surface area (Å²) in [6.45, 7) is 4.02. The fraction of sp³-hybridized carbons (Fsp3) is 0.286. The van der Waals surface area contributed by atoms with E-state index in [-0.39, 0.29) is 18.1 Å². The van der Waals surface area contributed by atoms with Gasteiger partial charge in [-0.15, -0.1) is 0 Å². The quantitative estimate of drug-likeness (QED) is 0.632. The van der Waals surface area contributed by atoms with Crippen LogP contribution < -0.4 is 15.4 Å². The average molecular weight is 376 g/mol. The summed E-state index contributed by atoms with van der Waals surface area (Å²) in [5.41, 5.74) is 4.06. The van der Waals surface area contributed by atoms with Gasteiger partial charge in [-0.1, -0.05) is 0 Å². The summed E-state index contributed by atoms with van der Waals surface area (Å²) in [6.07, 6.45) is 3.97. The van der Waals surface area contributed by atoms with Crippen LogP contribution in [0.15, 0.2) is 29.8 Å². The SMILES string of the molecule is Cc1cc(/C=C(\C#N)C(=O)Nc2ccc3c(c2)NC(=O)CO3)c(C)n1C1CC1. The first-order valence-corrected chi connectivity index (χ1v) is 9.14. The van der Waals surface area contributed by atoms with Crippen molar-refractivity contribution in [3.05, 3.63) is 46.8 Å². The van der Waals surface area contributed by atoms with Crippen LogP contribution in [-0.4, -0.2) is 23.0 Å². The van der Waals surface area contributed by atoms with Crippen molar-refractivity contribution in [2.75, 3.05) is 17.2 Å². The zero-order valence-electron chi connectivity index (χ0n) is 15.7. The van der Waals surface area contributed by atoms with E-state index in [4.69, 9.17) is 4.74 Å². The van der Waals surface area contributed by atoms with Crippen LogP contribution in [0.4, 0.5) is 11.4 Å². The molecule has 2 N–H and O–H groups in total. The minimum Gasteiger partial charge on any atom is -0.482 e. The number of hydrogen-bond donors (Lipinski definition) is 2. The van der Waals surface area contributed by atoms with Crippen LogP contribution in [0.3, 0.4) is 0 Å². The second-order valence-electron chi connectivity index (χ2n) is 7.10. The number of carbonyl (C=O) groups is 2. The normalized spacial score (nSPS) is 15.9. The largest absolute Gasteiger partial charge is 0.482 e. The van der Waals surface area contributed by atoms with Gasteiger partial charge in [0.05, 0.1) is 5.69 Å². The Morgan fingerprint density at radius 1 is 1.36 bits per heavy atom. The highest BCUT2D eigenvalue weighted by Crippen LogP contribution is 2.38. The Balaban J connectivity index is 1.56. The van der Waals surface area contributed by atoms with E-state index >= 15 is 0 Å². The van der Waals surface area contributed by atoms with Crippen LogP contribution in [0.5, 0.6) is 5.75 Å². The molecular formula is C21H20N4O3. The van der Waals surface area contributed by atoms with Gasteiger partial charge in [0.2, 0.25) is 0 Å². The molecule has 0 bridgehead atoms. The molecule has 2 amide bonds. The molecule has 1 aromatic carbocycles. The summed E-state index contributed by atoms with van der Waals surface area (Å²) >= 11 is 0. The lowest BCUT2D eigenvalue weighted by molar-refractivity contribution is -0.118. The number of ether oxygens (including phenoxy) is 1. The van der Waals surface area contributed by atoms with Crippen molar-refractivity contribution in [2.45, 2.75) is 32.7 Å². The minimum atomic E-state index is -0.498. The van der Waals surface area contributed by atoms with E-state index in [9.17, 15) is 14.9 Å². The molecule has 0 spiro atoms. The second-order valence-corrected chi connectivity index (χ2v) is 7.10. The van der Waals surface area contributed by atoms with Crippen molar-refractivity contribution in [1.82, 2.24) is 4.57 Å². The maximum atomic E-state index is 12.6. The van der Waals surface area contributed by atoms with Crippen LogP contribution in [0.2, 0.25) is 0 Å². The zero-order chi connectivity index (χ0) is 19.8. The van der Waals surface area contributed by atoms with Gasteiger partial charge in [0, 0.05) is 23.1 Å². The standard InChI is InChI=1S/C21H20N4O3/c1-12-7-14(13(2)25(12)17-4-5-17)8-15(10-22)21(27)23-16-3-6-19-18(9-16)24-20(26)11-28-19/h3,6-9,17H,4-5,11H2,1-2H3,(H,23,27)(H,24,26)/b15-8+. The van der Waals surface area contributed by atoms with Gasteiger partial charge in [-0.2, -0.15) is 5.26 Å². The fourth-order valence-electron chi connectivity index (χ4n) is 3.51. The van der Waals surface area contributed by atoms with Crippen molar-refractivity contribution in [3.63, 3.8) is 0 Å². The first kappa shape index (κ1) is 17.9. The number of fused-ring (bicyclic) bond motifs is 1. The topological polar surface area (TPSA) is 96.2 Å². The molecular weight excluding hydrogens is 356 g/mol. The van der Waals surface area contributed by atoms with Crippen molar-refractivity contribution in [2.24, 2.45) is 0 Å². The van der Waals surface area contributed by atoms with Crippen LogP contribution in [0.25, 0.3) is 6.08 Å². The Morgan fingerprint density at radius 3 is 2.86 bits per heavy atom. The maximum Gasteiger partial charge on any atom is 0.266 e. The van der Waals surface area contributed by atoms with Gasteiger partial charge in [0.1, 0.15) is 17.4 Å². The number of benzene rings is 1. The first-order valence-electron chi connectivity index (χ1n) is 9.14. The molecule has 1 aliphatic heterocycles. The second kappa shape index (κ2) is 6.89. The summed E-state index contributed by atoms with van der Waals surface area (Å²) in [7, 11) is 0. The monoisotopic (exact) mass is 376 g/mol. The molecule has 7 nitrogen and oxygen atoms in total. The van der Waals surface area contributed by atoms with Crippen LogP contribution >= 0.6 is 0 Å². The molecule has 2 aromatic rings. The molecule has 4 rings (SSSR count). The molecule has 2 heterocycles. The van der Waals surface area contributed by atoms with Crippen molar-refractivity contribution in [3.8, 4) is 11.8 Å². The Bertz CT molecular complexity index is 1050. The van der Waals surface area contributed by atoms with Gasteiger partial charge in [-0.25, -0.2) is 0 Å². The lowest BCUT2D eigenvalue weighted by atomic mass is 10.1. The molecule has 142 valence electrons. The number of hydrogen-bond acceptors (Lipinski definition) is 4. The number of aromatic nitrogens is 1. The number of carbonyl (C=O) groups excluding carboxylic acids is 2.